The second kappa shape index (κ2) is 7.65. The molecule has 1 fully saturated rings. The highest BCUT2D eigenvalue weighted by molar-refractivity contribution is 5.76. The first-order valence-electron chi connectivity index (χ1n) is 5.92. The van der Waals surface area contributed by atoms with Crippen molar-refractivity contribution in [3.8, 4) is 0 Å². The van der Waals surface area contributed by atoms with Crippen molar-refractivity contribution in [2.24, 2.45) is 0 Å². The molecule has 1 aliphatic heterocycles. The van der Waals surface area contributed by atoms with Gasteiger partial charge in [0.05, 0.1) is 19.1 Å². The first-order chi connectivity index (χ1) is 7.33. The van der Waals surface area contributed by atoms with E-state index in [1.165, 1.54) is 12.8 Å². The van der Waals surface area contributed by atoms with Crippen molar-refractivity contribution < 1.29 is 9.53 Å². The Morgan fingerprint density at radius 3 is 3.07 bits per heavy atom. The Morgan fingerprint density at radius 1 is 1.53 bits per heavy atom. The number of morpholine rings is 1. The van der Waals surface area contributed by atoms with Gasteiger partial charge in [-0.2, -0.15) is 0 Å². The summed E-state index contributed by atoms with van der Waals surface area (Å²) in [5, 5.41) is 6.13. The summed E-state index contributed by atoms with van der Waals surface area (Å²) in [6.07, 6.45) is 3.99. The minimum Gasteiger partial charge on any atom is -0.375 e. The normalized spacial score (nSPS) is 21.3. The molecule has 0 spiro atoms. The number of ether oxygens (including phenoxy) is 1. The van der Waals surface area contributed by atoms with Crippen LogP contribution in [0.3, 0.4) is 0 Å². The van der Waals surface area contributed by atoms with Crippen molar-refractivity contribution in [1.82, 2.24) is 10.6 Å². The molecular formula is C11H22N2O2. The molecule has 0 aliphatic carbocycles. The van der Waals surface area contributed by atoms with Gasteiger partial charge in [0, 0.05) is 19.6 Å². The van der Waals surface area contributed by atoms with Crippen LogP contribution in [0.15, 0.2) is 0 Å². The summed E-state index contributed by atoms with van der Waals surface area (Å²) >= 11 is 0. The Kier molecular flexibility index (Phi) is 6.36. The van der Waals surface area contributed by atoms with Gasteiger partial charge in [-0.25, -0.2) is 0 Å². The van der Waals surface area contributed by atoms with Gasteiger partial charge in [0.2, 0.25) is 5.91 Å². The minimum absolute atomic E-state index is 0.0601. The van der Waals surface area contributed by atoms with Crippen LogP contribution in [0.4, 0.5) is 0 Å². The Hall–Kier alpha value is -0.610. The van der Waals surface area contributed by atoms with E-state index in [2.05, 4.69) is 17.6 Å². The number of hydrogen-bond donors (Lipinski definition) is 2. The second-order valence-corrected chi connectivity index (χ2v) is 3.96. The predicted molar refractivity (Wildman–Crippen MR) is 59.8 cm³/mol. The van der Waals surface area contributed by atoms with E-state index in [1.807, 2.05) is 0 Å². The molecule has 1 saturated heterocycles. The van der Waals surface area contributed by atoms with E-state index in [0.29, 0.717) is 13.0 Å². The monoisotopic (exact) mass is 214 g/mol. The highest BCUT2D eigenvalue weighted by Crippen LogP contribution is 2.01. The standard InChI is InChI=1S/C11H22N2O2/c1-2-3-4-5-13-11(14)8-10-9-12-6-7-15-10/h10,12H,2-9H2,1H3,(H,13,14). The molecule has 88 valence electrons. The summed E-state index contributed by atoms with van der Waals surface area (Å²) < 4.78 is 5.45. The number of nitrogens with one attached hydrogen (secondary N) is 2. The van der Waals surface area contributed by atoms with Crippen LogP contribution < -0.4 is 10.6 Å². The average molecular weight is 214 g/mol. The molecule has 4 heteroatoms. The van der Waals surface area contributed by atoms with Gasteiger partial charge in [-0.3, -0.25) is 4.79 Å². The summed E-state index contributed by atoms with van der Waals surface area (Å²) in [4.78, 5) is 11.5. The van der Waals surface area contributed by atoms with Gasteiger partial charge < -0.3 is 15.4 Å². The summed E-state index contributed by atoms with van der Waals surface area (Å²) in [6.45, 7) is 5.36. The molecule has 2 N–H and O–H groups in total. The molecule has 0 aromatic heterocycles. The molecule has 1 atom stereocenters. The van der Waals surface area contributed by atoms with Crippen LogP contribution in [0.1, 0.15) is 32.6 Å². The van der Waals surface area contributed by atoms with E-state index in [4.69, 9.17) is 4.74 Å². The summed E-state index contributed by atoms with van der Waals surface area (Å²) in [7, 11) is 0. The van der Waals surface area contributed by atoms with E-state index in [-0.39, 0.29) is 12.0 Å². The zero-order valence-corrected chi connectivity index (χ0v) is 9.55. The van der Waals surface area contributed by atoms with E-state index in [9.17, 15) is 4.79 Å². The molecule has 1 amide bonds. The highest BCUT2D eigenvalue weighted by atomic mass is 16.5. The van der Waals surface area contributed by atoms with Crippen molar-refractivity contribution in [2.45, 2.75) is 38.7 Å². The lowest BCUT2D eigenvalue weighted by Crippen LogP contribution is -2.41. The largest absolute Gasteiger partial charge is 0.375 e. The van der Waals surface area contributed by atoms with Crippen LogP contribution in [-0.2, 0) is 9.53 Å². The third-order valence-corrected chi connectivity index (χ3v) is 2.52. The first kappa shape index (κ1) is 12.5. The third kappa shape index (κ3) is 5.74. The fraction of sp³-hybridized carbons (Fsp3) is 0.909. The molecule has 0 radical (unpaired) electrons. The molecule has 0 bridgehead atoms. The van der Waals surface area contributed by atoms with Crippen molar-refractivity contribution >= 4 is 5.91 Å². The summed E-state index contributed by atoms with van der Waals surface area (Å²) in [5.41, 5.74) is 0. The zero-order chi connectivity index (χ0) is 10.9. The first-order valence-corrected chi connectivity index (χ1v) is 5.92. The maximum atomic E-state index is 11.5. The Bertz CT molecular complexity index is 179. The fourth-order valence-corrected chi connectivity index (χ4v) is 1.63. The lowest BCUT2D eigenvalue weighted by Gasteiger charge is -2.23. The van der Waals surface area contributed by atoms with Gasteiger partial charge in [-0.1, -0.05) is 19.8 Å². The number of hydrogen-bond acceptors (Lipinski definition) is 3. The van der Waals surface area contributed by atoms with Gasteiger partial charge in [0.1, 0.15) is 0 Å². The SMILES string of the molecule is CCCCCNC(=O)CC1CNCCO1. The average Bonchev–Trinajstić information content (AvgIpc) is 2.26. The summed E-state index contributed by atoms with van der Waals surface area (Å²) in [5.74, 6) is 0.111. The molecule has 0 saturated carbocycles. The molecule has 0 aromatic rings. The number of carbonyl (C=O) groups is 1. The van der Waals surface area contributed by atoms with Crippen molar-refractivity contribution in [1.29, 1.82) is 0 Å². The topological polar surface area (TPSA) is 50.4 Å². The number of amides is 1. The van der Waals surface area contributed by atoms with E-state index < -0.39 is 0 Å². The zero-order valence-electron chi connectivity index (χ0n) is 9.55. The molecule has 1 aliphatic rings. The van der Waals surface area contributed by atoms with Gasteiger partial charge in [0.15, 0.2) is 0 Å². The Balaban J connectivity index is 2.01. The van der Waals surface area contributed by atoms with E-state index in [1.54, 1.807) is 0 Å². The summed E-state index contributed by atoms with van der Waals surface area (Å²) in [6, 6.07) is 0. The molecule has 1 rings (SSSR count). The van der Waals surface area contributed by atoms with Gasteiger partial charge in [0.25, 0.3) is 0 Å². The third-order valence-electron chi connectivity index (χ3n) is 2.52. The minimum atomic E-state index is 0.0601. The van der Waals surface area contributed by atoms with Crippen LogP contribution >= 0.6 is 0 Å². The number of unbranched alkanes of at least 4 members (excludes halogenated alkanes) is 2. The van der Waals surface area contributed by atoms with Gasteiger partial charge in [-0.05, 0) is 6.42 Å². The van der Waals surface area contributed by atoms with Crippen molar-refractivity contribution in [3.05, 3.63) is 0 Å². The molecule has 1 heterocycles. The lowest BCUT2D eigenvalue weighted by molar-refractivity contribution is -0.124. The van der Waals surface area contributed by atoms with Crippen LogP contribution in [0.25, 0.3) is 0 Å². The van der Waals surface area contributed by atoms with E-state index in [0.717, 1.165) is 26.1 Å². The van der Waals surface area contributed by atoms with Crippen LogP contribution in [0.2, 0.25) is 0 Å². The van der Waals surface area contributed by atoms with Crippen LogP contribution in [0, 0.1) is 0 Å². The Labute approximate surface area is 91.8 Å². The van der Waals surface area contributed by atoms with Crippen molar-refractivity contribution in [3.63, 3.8) is 0 Å². The van der Waals surface area contributed by atoms with Crippen molar-refractivity contribution in [2.75, 3.05) is 26.2 Å². The van der Waals surface area contributed by atoms with E-state index >= 15 is 0 Å². The van der Waals surface area contributed by atoms with Gasteiger partial charge >= 0.3 is 0 Å². The van der Waals surface area contributed by atoms with Crippen LogP contribution in [0.5, 0.6) is 0 Å². The molecular weight excluding hydrogens is 192 g/mol. The molecule has 4 nitrogen and oxygen atoms in total. The predicted octanol–water partition coefficient (Wildman–Crippen LogP) is 0.671. The quantitative estimate of drug-likeness (QED) is 0.639. The maximum Gasteiger partial charge on any atom is 0.222 e. The lowest BCUT2D eigenvalue weighted by atomic mass is 10.2. The van der Waals surface area contributed by atoms with Gasteiger partial charge in [-0.15, -0.1) is 0 Å². The molecule has 15 heavy (non-hydrogen) atoms. The molecule has 1 unspecified atom stereocenters. The maximum absolute atomic E-state index is 11.5. The highest BCUT2D eigenvalue weighted by Gasteiger charge is 2.16. The Morgan fingerprint density at radius 2 is 2.40 bits per heavy atom. The molecule has 0 aromatic carbocycles. The van der Waals surface area contributed by atoms with Crippen LogP contribution in [-0.4, -0.2) is 38.3 Å². The smallest absolute Gasteiger partial charge is 0.222 e. The number of rotatable bonds is 6. The fourth-order valence-electron chi connectivity index (χ4n) is 1.63. The number of carbonyl (C=O) groups excluding carboxylic acids is 1. The second-order valence-electron chi connectivity index (χ2n) is 3.96.